The molecule has 1 saturated carbocycles. The van der Waals surface area contributed by atoms with Gasteiger partial charge in [-0.2, -0.15) is 0 Å². The first-order chi connectivity index (χ1) is 5.34. The molecular formula is C10H16O. The molecule has 0 aliphatic heterocycles. The van der Waals surface area contributed by atoms with Crippen LogP contribution in [0.3, 0.4) is 0 Å². The zero-order valence-corrected chi connectivity index (χ0v) is 7.18. The highest BCUT2D eigenvalue weighted by Crippen LogP contribution is 2.24. The van der Waals surface area contributed by atoms with Gasteiger partial charge in [-0.05, 0) is 25.7 Å². The summed E-state index contributed by atoms with van der Waals surface area (Å²) in [5.41, 5.74) is 0. The number of hydrogen-bond donors (Lipinski definition) is 0. The Balaban J connectivity index is 2.25. The summed E-state index contributed by atoms with van der Waals surface area (Å²) in [6.07, 6.45) is 9.41. The molecule has 0 saturated heterocycles. The second-order valence-corrected chi connectivity index (χ2v) is 3.17. The predicted molar refractivity (Wildman–Crippen MR) is 46.4 cm³/mol. The van der Waals surface area contributed by atoms with E-state index in [1.807, 2.05) is 0 Å². The van der Waals surface area contributed by atoms with Crippen molar-refractivity contribution in [1.82, 2.24) is 0 Å². The smallest absolute Gasteiger partial charge is 0.136 e. The van der Waals surface area contributed by atoms with E-state index in [2.05, 4.69) is 19.1 Å². The summed E-state index contributed by atoms with van der Waals surface area (Å²) < 4.78 is 0. The van der Waals surface area contributed by atoms with E-state index in [4.69, 9.17) is 0 Å². The summed E-state index contributed by atoms with van der Waals surface area (Å²) in [6, 6.07) is 0. The lowest BCUT2D eigenvalue weighted by molar-refractivity contribution is -0.120. The van der Waals surface area contributed by atoms with Crippen LogP contribution >= 0.6 is 0 Å². The molecule has 0 unspecified atom stereocenters. The van der Waals surface area contributed by atoms with Gasteiger partial charge in [0, 0.05) is 12.3 Å². The van der Waals surface area contributed by atoms with Crippen LogP contribution in [0.5, 0.6) is 0 Å². The molecule has 0 bridgehead atoms. The van der Waals surface area contributed by atoms with E-state index in [-0.39, 0.29) is 0 Å². The van der Waals surface area contributed by atoms with Crippen LogP contribution in [0.2, 0.25) is 0 Å². The molecule has 1 atom stereocenters. The summed E-state index contributed by atoms with van der Waals surface area (Å²) in [4.78, 5) is 11.1. The molecule has 0 amide bonds. The van der Waals surface area contributed by atoms with Crippen molar-refractivity contribution in [3.63, 3.8) is 0 Å². The molecule has 0 aromatic carbocycles. The number of hydrogen-bond acceptors (Lipinski definition) is 1. The minimum absolute atomic E-state index is 0.359. The zero-order chi connectivity index (χ0) is 8.10. The number of ketones is 1. The van der Waals surface area contributed by atoms with Crippen molar-refractivity contribution in [3.8, 4) is 0 Å². The van der Waals surface area contributed by atoms with Crippen LogP contribution in [-0.4, -0.2) is 5.78 Å². The van der Waals surface area contributed by atoms with Gasteiger partial charge in [-0.15, -0.1) is 0 Å². The second kappa shape index (κ2) is 4.32. The second-order valence-electron chi connectivity index (χ2n) is 3.17. The van der Waals surface area contributed by atoms with Gasteiger partial charge in [-0.25, -0.2) is 0 Å². The molecule has 62 valence electrons. The minimum Gasteiger partial charge on any atom is -0.299 e. The molecule has 11 heavy (non-hydrogen) atoms. The van der Waals surface area contributed by atoms with Crippen molar-refractivity contribution in [2.24, 2.45) is 5.92 Å². The van der Waals surface area contributed by atoms with E-state index >= 15 is 0 Å². The van der Waals surface area contributed by atoms with Crippen molar-refractivity contribution < 1.29 is 4.79 Å². The Morgan fingerprint density at radius 2 is 2.36 bits per heavy atom. The molecule has 1 nitrogen and oxygen atoms in total. The normalized spacial score (nSPS) is 25.2. The number of allylic oxidation sites excluding steroid dienone is 2. The molecule has 0 N–H and O–H groups in total. The number of rotatable bonds is 3. The highest BCUT2D eigenvalue weighted by atomic mass is 16.1. The molecule has 0 aromatic heterocycles. The molecule has 0 heterocycles. The highest BCUT2D eigenvalue weighted by molar-refractivity contribution is 5.82. The quantitative estimate of drug-likeness (QED) is 0.568. The van der Waals surface area contributed by atoms with E-state index in [1.165, 1.54) is 0 Å². The monoisotopic (exact) mass is 152 g/mol. The van der Waals surface area contributed by atoms with Gasteiger partial charge < -0.3 is 0 Å². The SMILES string of the molecule is CC/C=C/C[C@@H]1CCCC1=O. The summed E-state index contributed by atoms with van der Waals surface area (Å²) in [5, 5.41) is 0. The summed E-state index contributed by atoms with van der Waals surface area (Å²) in [5.74, 6) is 0.837. The van der Waals surface area contributed by atoms with Crippen molar-refractivity contribution >= 4 is 5.78 Å². The lowest BCUT2D eigenvalue weighted by atomic mass is 10.0. The lowest BCUT2D eigenvalue weighted by Gasteiger charge is -2.01. The maximum absolute atomic E-state index is 11.1. The van der Waals surface area contributed by atoms with Gasteiger partial charge in [0.2, 0.25) is 0 Å². The molecule has 1 rings (SSSR count). The van der Waals surface area contributed by atoms with E-state index < -0.39 is 0 Å². The highest BCUT2D eigenvalue weighted by Gasteiger charge is 2.22. The van der Waals surface area contributed by atoms with Gasteiger partial charge in [0.05, 0.1) is 0 Å². The maximum Gasteiger partial charge on any atom is 0.136 e. The van der Waals surface area contributed by atoms with Crippen LogP contribution in [0.25, 0.3) is 0 Å². The topological polar surface area (TPSA) is 17.1 Å². The van der Waals surface area contributed by atoms with Crippen molar-refractivity contribution in [3.05, 3.63) is 12.2 Å². The lowest BCUT2D eigenvalue weighted by Crippen LogP contribution is -2.03. The van der Waals surface area contributed by atoms with Crippen molar-refractivity contribution in [2.45, 2.75) is 39.0 Å². The third-order valence-electron chi connectivity index (χ3n) is 2.25. The van der Waals surface area contributed by atoms with Crippen LogP contribution in [0.15, 0.2) is 12.2 Å². The first kappa shape index (κ1) is 8.51. The Bertz CT molecular complexity index is 158. The van der Waals surface area contributed by atoms with Crippen LogP contribution in [-0.2, 0) is 4.79 Å². The zero-order valence-electron chi connectivity index (χ0n) is 7.18. The molecule has 0 radical (unpaired) electrons. The fraction of sp³-hybridized carbons (Fsp3) is 0.700. The van der Waals surface area contributed by atoms with E-state index in [0.717, 1.165) is 32.1 Å². The fourth-order valence-corrected chi connectivity index (χ4v) is 1.56. The molecule has 1 aliphatic rings. The van der Waals surface area contributed by atoms with Gasteiger partial charge >= 0.3 is 0 Å². The van der Waals surface area contributed by atoms with Crippen LogP contribution in [0, 0.1) is 5.92 Å². The van der Waals surface area contributed by atoms with E-state index in [0.29, 0.717) is 11.7 Å². The molecule has 0 aromatic rings. The van der Waals surface area contributed by atoms with Gasteiger partial charge in [0.25, 0.3) is 0 Å². The minimum atomic E-state index is 0.359. The van der Waals surface area contributed by atoms with Gasteiger partial charge in [0.15, 0.2) is 0 Å². The van der Waals surface area contributed by atoms with E-state index in [1.54, 1.807) is 0 Å². The Morgan fingerprint density at radius 1 is 1.55 bits per heavy atom. The van der Waals surface area contributed by atoms with Crippen LogP contribution in [0.1, 0.15) is 39.0 Å². The Labute approximate surface area is 68.5 Å². The first-order valence-electron chi connectivity index (χ1n) is 4.52. The molecule has 1 fully saturated rings. The van der Waals surface area contributed by atoms with Crippen LogP contribution in [0.4, 0.5) is 0 Å². The summed E-state index contributed by atoms with van der Waals surface area (Å²) in [6.45, 7) is 2.12. The van der Waals surface area contributed by atoms with Crippen LogP contribution < -0.4 is 0 Å². The molecule has 1 heteroatoms. The number of carbonyl (C=O) groups is 1. The molecular weight excluding hydrogens is 136 g/mol. The molecule has 0 spiro atoms. The Hall–Kier alpha value is -0.590. The predicted octanol–water partition coefficient (Wildman–Crippen LogP) is 2.71. The number of Topliss-reactive ketones (excluding diaryl/α,β-unsaturated/α-hetero) is 1. The molecule has 1 aliphatic carbocycles. The van der Waals surface area contributed by atoms with Gasteiger partial charge in [0.1, 0.15) is 5.78 Å². The maximum atomic E-state index is 11.1. The van der Waals surface area contributed by atoms with Crippen molar-refractivity contribution in [1.29, 1.82) is 0 Å². The van der Waals surface area contributed by atoms with Gasteiger partial charge in [-0.3, -0.25) is 4.79 Å². The first-order valence-corrected chi connectivity index (χ1v) is 4.52. The standard InChI is InChI=1S/C10H16O/c1-2-3-4-6-9-7-5-8-10(9)11/h3-4,9H,2,5-8H2,1H3/b4-3+/t9-/m1/s1. The summed E-state index contributed by atoms with van der Waals surface area (Å²) in [7, 11) is 0. The Kier molecular flexibility index (Phi) is 3.34. The third kappa shape index (κ3) is 2.49. The average molecular weight is 152 g/mol. The van der Waals surface area contributed by atoms with Crippen molar-refractivity contribution in [2.75, 3.05) is 0 Å². The fourth-order valence-electron chi connectivity index (χ4n) is 1.56. The average Bonchev–Trinajstić information content (AvgIpc) is 2.37. The number of carbonyl (C=O) groups excluding carboxylic acids is 1. The summed E-state index contributed by atoms with van der Waals surface area (Å²) >= 11 is 0. The van der Waals surface area contributed by atoms with Gasteiger partial charge in [-0.1, -0.05) is 19.1 Å². The third-order valence-corrected chi connectivity index (χ3v) is 2.25. The Morgan fingerprint density at radius 3 is 2.91 bits per heavy atom. The largest absolute Gasteiger partial charge is 0.299 e. The van der Waals surface area contributed by atoms with E-state index in [9.17, 15) is 4.79 Å².